The van der Waals surface area contributed by atoms with E-state index < -0.39 is 29.4 Å². The first-order valence-corrected chi connectivity index (χ1v) is 12.3. The van der Waals surface area contributed by atoms with E-state index in [1.165, 1.54) is 13.4 Å². The van der Waals surface area contributed by atoms with Crippen molar-refractivity contribution in [2.24, 2.45) is 0 Å². The Bertz CT molecular complexity index is 985. The van der Waals surface area contributed by atoms with Crippen molar-refractivity contribution in [3.63, 3.8) is 0 Å². The number of aryl methyl sites for hydroxylation is 2. The standard InChI is InChI=1S/C25H40BN5O7/c1-16-12-18(13-17(2)29-16)36-14-20(32)19(30-21(33)25(6,7)35-8)10-9-11-28-22(26-37-15-27)31-23(34)38-24(3,4)5/h12-13,19-20,28,32H,9-11,14H2,1-8H3,(H,30,33)(H,31,34). The first kappa shape index (κ1) is 32.7. The van der Waals surface area contributed by atoms with Crippen molar-refractivity contribution in [3.8, 4) is 12.0 Å². The summed E-state index contributed by atoms with van der Waals surface area (Å²) in [4.78, 5) is 29.1. The SMILES string of the molecule is COC(C)(C)C(=O)NC(CCCNC(=BOC#N)NC(=O)OC(C)(C)C)C(O)COc1cc(C)nc(C)c1. The summed E-state index contributed by atoms with van der Waals surface area (Å²) in [5.74, 6) is 0.181. The van der Waals surface area contributed by atoms with E-state index in [0.717, 1.165) is 18.5 Å². The third-order valence-electron chi connectivity index (χ3n) is 5.19. The Morgan fingerprint density at radius 1 is 1.18 bits per heavy atom. The van der Waals surface area contributed by atoms with Gasteiger partial charge in [0.05, 0.1) is 0 Å². The van der Waals surface area contributed by atoms with Gasteiger partial charge < -0.3 is 0 Å². The van der Waals surface area contributed by atoms with Gasteiger partial charge in [-0.1, -0.05) is 0 Å². The van der Waals surface area contributed by atoms with E-state index in [2.05, 4.69) is 25.6 Å². The van der Waals surface area contributed by atoms with Crippen molar-refractivity contribution in [2.45, 2.75) is 84.7 Å². The first-order valence-electron chi connectivity index (χ1n) is 12.3. The molecule has 0 aliphatic carbocycles. The summed E-state index contributed by atoms with van der Waals surface area (Å²) < 4.78 is 20.9. The van der Waals surface area contributed by atoms with Crippen LogP contribution in [0.15, 0.2) is 12.1 Å². The molecule has 13 heteroatoms. The number of methoxy groups -OCH3 is 1. The predicted molar refractivity (Wildman–Crippen MR) is 142 cm³/mol. The van der Waals surface area contributed by atoms with E-state index >= 15 is 0 Å². The summed E-state index contributed by atoms with van der Waals surface area (Å²) in [7, 11) is 2.48. The van der Waals surface area contributed by atoms with Crippen LogP contribution in [-0.2, 0) is 18.9 Å². The molecule has 0 spiro atoms. The first-order chi connectivity index (χ1) is 17.7. The number of nitriles is 1. The van der Waals surface area contributed by atoms with Gasteiger partial charge in [0, 0.05) is 0 Å². The fourth-order valence-corrected chi connectivity index (χ4v) is 3.13. The molecular formula is C25H40BN5O7. The van der Waals surface area contributed by atoms with Crippen LogP contribution < -0.4 is 20.7 Å². The minimum atomic E-state index is -1.10. The number of alkyl carbamates (subject to hydrolysis) is 1. The Hall–Kier alpha value is -3.37. The molecule has 0 bridgehead atoms. The van der Waals surface area contributed by atoms with Crippen LogP contribution in [0.1, 0.15) is 58.8 Å². The molecule has 0 saturated heterocycles. The van der Waals surface area contributed by atoms with Crippen molar-refractivity contribution in [1.29, 1.82) is 5.26 Å². The van der Waals surface area contributed by atoms with Gasteiger partial charge in [-0.15, -0.1) is 0 Å². The number of carbonyl (C=O) groups is 2. The average Bonchev–Trinajstić information content (AvgIpc) is 2.80. The Labute approximate surface area is 225 Å². The fourth-order valence-electron chi connectivity index (χ4n) is 3.13. The zero-order valence-corrected chi connectivity index (χ0v) is 23.5. The third-order valence-corrected chi connectivity index (χ3v) is 5.19. The monoisotopic (exact) mass is 533 g/mol. The number of carbonyl (C=O) groups excluding carboxylic acids is 2. The van der Waals surface area contributed by atoms with Gasteiger partial charge in [0.2, 0.25) is 0 Å². The van der Waals surface area contributed by atoms with Crippen LogP contribution in [0.5, 0.6) is 5.75 Å². The molecule has 0 fully saturated rings. The Balaban J connectivity index is 2.82. The van der Waals surface area contributed by atoms with E-state index in [1.807, 2.05) is 13.8 Å². The van der Waals surface area contributed by atoms with Gasteiger partial charge in [-0.05, 0) is 13.8 Å². The summed E-state index contributed by atoms with van der Waals surface area (Å²) in [6, 6.07) is 2.87. The third kappa shape index (κ3) is 12.7. The van der Waals surface area contributed by atoms with Crippen LogP contribution in [-0.4, -0.2) is 78.5 Å². The topological polar surface area (TPSA) is 164 Å². The molecule has 12 nitrogen and oxygen atoms in total. The molecule has 210 valence electrons. The normalized spacial score (nSPS) is 13.3. The second kappa shape index (κ2) is 15.1. The molecule has 2 atom stereocenters. The molecule has 1 aromatic heterocycles. The van der Waals surface area contributed by atoms with Gasteiger partial charge in [-0.2, -0.15) is 0 Å². The van der Waals surface area contributed by atoms with Gasteiger partial charge in [0.15, 0.2) is 0 Å². The zero-order chi connectivity index (χ0) is 28.9. The number of pyridine rings is 1. The average molecular weight is 533 g/mol. The van der Waals surface area contributed by atoms with Gasteiger partial charge >= 0.3 is 206 Å². The Morgan fingerprint density at radius 3 is 2.37 bits per heavy atom. The van der Waals surface area contributed by atoms with E-state index in [4.69, 9.17) is 19.5 Å². The fraction of sp³-hybridized carbons (Fsp3) is 0.640. The number of aliphatic hydroxyl groups is 1. The van der Waals surface area contributed by atoms with Crippen LogP contribution in [0, 0.1) is 25.4 Å². The van der Waals surface area contributed by atoms with Crippen LogP contribution in [0.2, 0.25) is 0 Å². The summed E-state index contributed by atoms with van der Waals surface area (Å²) in [6.07, 6.45) is 0.565. The molecule has 0 aromatic carbocycles. The molecule has 1 aromatic rings. The summed E-state index contributed by atoms with van der Waals surface area (Å²) in [5.41, 5.74) is -0.112. The Morgan fingerprint density at radius 2 is 1.82 bits per heavy atom. The number of hydrogen-bond acceptors (Lipinski definition) is 10. The number of nitrogens with one attached hydrogen (secondary N) is 3. The quantitative estimate of drug-likeness (QED) is 0.156. The molecular weight excluding hydrogens is 493 g/mol. The molecule has 4 N–H and O–H groups in total. The second-order valence-electron chi connectivity index (χ2n) is 10.2. The van der Waals surface area contributed by atoms with E-state index in [1.54, 1.807) is 46.8 Å². The van der Waals surface area contributed by atoms with Crippen LogP contribution >= 0.6 is 0 Å². The number of nitrogens with zero attached hydrogens (tertiary/aromatic N) is 2. The molecule has 2 unspecified atom stereocenters. The molecule has 1 heterocycles. The number of aromatic nitrogens is 1. The molecule has 0 radical (unpaired) electrons. The molecule has 0 saturated carbocycles. The van der Waals surface area contributed by atoms with Crippen LogP contribution in [0.3, 0.4) is 0 Å². The van der Waals surface area contributed by atoms with Gasteiger partial charge in [-0.3, -0.25) is 4.98 Å². The van der Waals surface area contributed by atoms with Crippen LogP contribution in [0.25, 0.3) is 0 Å². The van der Waals surface area contributed by atoms with E-state index in [0.29, 0.717) is 25.1 Å². The minimum absolute atomic E-state index is 0.0595. The molecule has 1 rings (SSSR count). The maximum absolute atomic E-state index is 12.7. The van der Waals surface area contributed by atoms with Crippen molar-refractivity contribution < 1.29 is 33.6 Å². The maximum atomic E-state index is 12.7. The second-order valence-corrected chi connectivity index (χ2v) is 10.2. The molecule has 2 amide bonds. The number of rotatable bonds is 14. The number of amides is 2. The zero-order valence-electron chi connectivity index (χ0n) is 23.5. The summed E-state index contributed by atoms with van der Waals surface area (Å²) in [5, 5.41) is 27.8. The number of hydrogen-bond donors (Lipinski definition) is 4. The van der Waals surface area contributed by atoms with Gasteiger partial charge in [0.1, 0.15) is 0 Å². The number of aliphatic hydroxyl groups excluding tert-OH is 1. The van der Waals surface area contributed by atoms with E-state index in [9.17, 15) is 14.7 Å². The van der Waals surface area contributed by atoms with Crippen molar-refractivity contribution in [3.05, 3.63) is 23.5 Å². The predicted octanol–water partition coefficient (Wildman–Crippen LogP) is 1.45. The van der Waals surface area contributed by atoms with Crippen molar-refractivity contribution >= 4 is 24.8 Å². The summed E-state index contributed by atoms with van der Waals surface area (Å²) in [6.45, 7) is 12.4. The van der Waals surface area contributed by atoms with Crippen molar-refractivity contribution in [1.82, 2.24) is 20.9 Å². The molecule has 0 aliphatic rings. The van der Waals surface area contributed by atoms with Gasteiger partial charge in [-0.25, -0.2) is 0 Å². The van der Waals surface area contributed by atoms with Gasteiger partial charge in [0.25, 0.3) is 0 Å². The van der Waals surface area contributed by atoms with Crippen LogP contribution in [0.4, 0.5) is 4.79 Å². The Kier molecular flexibility index (Phi) is 13.0. The molecule has 0 aliphatic heterocycles. The molecule has 38 heavy (non-hydrogen) atoms. The number of ether oxygens (including phenoxy) is 3. The van der Waals surface area contributed by atoms with Crippen molar-refractivity contribution in [2.75, 3.05) is 20.3 Å². The van der Waals surface area contributed by atoms with E-state index in [-0.39, 0.29) is 18.2 Å². The summed E-state index contributed by atoms with van der Waals surface area (Å²) >= 11 is 0.